The molecule has 4 unspecified atom stereocenters. The van der Waals surface area contributed by atoms with E-state index in [1.165, 1.54) is 19.3 Å². The Hall–Kier alpha value is -1.06. The van der Waals surface area contributed by atoms with E-state index in [4.69, 9.17) is 5.11 Å². The van der Waals surface area contributed by atoms with Crippen LogP contribution in [0.1, 0.15) is 32.1 Å². The van der Waals surface area contributed by atoms with E-state index >= 15 is 0 Å². The summed E-state index contributed by atoms with van der Waals surface area (Å²) in [7, 11) is 0. The third-order valence-electron chi connectivity index (χ3n) is 6.10. The first kappa shape index (κ1) is 11.7. The van der Waals surface area contributed by atoms with Gasteiger partial charge in [0.1, 0.15) is 0 Å². The third-order valence-corrected chi connectivity index (χ3v) is 6.10. The number of carbonyl (C=O) groups is 2. The lowest BCUT2D eigenvalue weighted by atomic mass is 9.96. The van der Waals surface area contributed by atoms with E-state index in [-0.39, 0.29) is 17.7 Å². The van der Waals surface area contributed by atoms with Gasteiger partial charge in [0, 0.05) is 19.0 Å². The van der Waals surface area contributed by atoms with Crippen molar-refractivity contribution >= 4 is 11.9 Å². The quantitative estimate of drug-likeness (QED) is 0.823. The summed E-state index contributed by atoms with van der Waals surface area (Å²) in [6, 6.07) is 0. The fourth-order valence-corrected chi connectivity index (χ4v) is 5.24. The third kappa shape index (κ3) is 1.65. The number of amides is 1. The van der Waals surface area contributed by atoms with E-state index in [2.05, 4.69) is 0 Å². The monoisotopic (exact) mass is 263 g/mol. The van der Waals surface area contributed by atoms with Gasteiger partial charge in [-0.15, -0.1) is 0 Å². The Morgan fingerprint density at radius 2 is 1.74 bits per heavy atom. The molecule has 1 aliphatic heterocycles. The molecule has 5 atom stereocenters. The molecule has 4 heteroatoms. The molecule has 3 saturated carbocycles. The highest BCUT2D eigenvalue weighted by Crippen LogP contribution is 2.69. The van der Waals surface area contributed by atoms with Crippen LogP contribution in [-0.4, -0.2) is 35.0 Å². The molecule has 0 aromatic rings. The number of carboxylic acids is 1. The minimum absolute atomic E-state index is 0.263. The van der Waals surface area contributed by atoms with Crippen molar-refractivity contribution in [2.75, 3.05) is 13.1 Å². The number of carboxylic acid groups (broad SMARTS) is 1. The number of aliphatic carboxylic acids is 1. The van der Waals surface area contributed by atoms with Crippen LogP contribution in [0.2, 0.25) is 0 Å². The van der Waals surface area contributed by atoms with E-state index in [0.29, 0.717) is 18.4 Å². The lowest BCUT2D eigenvalue weighted by molar-refractivity contribution is -0.146. The van der Waals surface area contributed by atoms with Gasteiger partial charge in [0.05, 0.1) is 5.92 Å². The fraction of sp³-hybridized carbons (Fsp3) is 0.867. The lowest BCUT2D eigenvalue weighted by Crippen LogP contribution is -2.43. The summed E-state index contributed by atoms with van der Waals surface area (Å²) >= 11 is 0. The molecule has 4 fully saturated rings. The van der Waals surface area contributed by atoms with Crippen LogP contribution < -0.4 is 0 Å². The molecule has 4 rings (SSSR count). The Kier molecular flexibility index (Phi) is 2.45. The van der Waals surface area contributed by atoms with Gasteiger partial charge < -0.3 is 10.0 Å². The van der Waals surface area contributed by atoms with Crippen LogP contribution in [0.15, 0.2) is 0 Å². The number of carbonyl (C=O) groups excluding carboxylic acids is 1. The largest absolute Gasteiger partial charge is 0.481 e. The predicted octanol–water partition coefficient (Wildman–Crippen LogP) is 1.60. The van der Waals surface area contributed by atoms with Gasteiger partial charge >= 0.3 is 5.97 Å². The second kappa shape index (κ2) is 3.97. The Labute approximate surface area is 113 Å². The van der Waals surface area contributed by atoms with Crippen molar-refractivity contribution in [1.29, 1.82) is 0 Å². The molecule has 4 aliphatic rings. The van der Waals surface area contributed by atoms with Crippen LogP contribution >= 0.6 is 0 Å². The molecule has 1 heterocycles. The van der Waals surface area contributed by atoms with Crippen LogP contribution in [-0.2, 0) is 9.59 Å². The molecular formula is C15H21NO3. The molecule has 0 spiro atoms. The Bertz CT molecular complexity index is 419. The molecule has 2 bridgehead atoms. The van der Waals surface area contributed by atoms with E-state index in [1.807, 2.05) is 4.90 Å². The average molecular weight is 263 g/mol. The molecule has 1 amide bonds. The van der Waals surface area contributed by atoms with Gasteiger partial charge in [0.25, 0.3) is 0 Å². The molecule has 0 aromatic heterocycles. The first-order valence-electron chi connectivity index (χ1n) is 7.68. The van der Waals surface area contributed by atoms with Crippen LogP contribution in [0.3, 0.4) is 0 Å². The van der Waals surface area contributed by atoms with Gasteiger partial charge in [-0.25, -0.2) is 0 Å². The van der Waals surface area contributed by atoms with Gasteiger partial charge in [0.15, 0.2) is 0 Å². The highest BCUT2D eigenvalue weighted by Gasteiger charge is 2.68. The van der Waals surface area contributed by atoms with E-state index < -0.39 is 5.97 Å². The van der Waals surface area contributed by atoms with Crippen LogP contribution in [0, 0.1) is 35.5 Å². The van der Waals surface area contributed by atoms with Crippen molar-refractivity contribution in [3.8, 4) is 0 Å². The van der Waals surface area contributed by atoms with Gasteiger partial charge in [-0.1, -0.05) is 0 Å². The zero-order valence-corrected chi connectivity index (χ0v) is 11.1. The second-order valence-electron chi connectivity index (χ2n) is 6.98. The van der Waals surface area contributed by atoms with Gasteiger partial charge in [-0.05, 0) is 55.8 Å². The number of hydrogen-bond acceptors (Lipinski definition) is 2. The van der Waals surface area contributed by atoms with Crippen molar-refractivity contribution in [1.82, 2.24) is 4.90 Å². The number of rotatable bonds is 2. The lowest BCUT2D eigenvalue weighted by Gasteiger charge is -2.31. The molecule has 1 saturated heterocycles. The SMILES string of the molecule is O=C(O)[C@@H]1CCCN(C(=O)C2C3C4CCC(C4)C23)C1. The Morgan fingerprint density at radius 1 is 1.05 bits per heavy atom. The minimum Gasteiger partial charge on any atom is -0.481 e. The van der Waals surface area contributed by atoms with Gasteiger partial charge in [0.2, 0.25) is 5.91 Å². The average Bonchev–Trinajstić information content (AvgIpc) is 2.85. The predicted molar refractivity (Wildman–Crippen MR) is 68.2 cm³/mol. The van der Waals surface area contributed by atoms with Crippen molar-refractivity contribution in [2.24, 2.45) is 35.5 Å². The number of piperidine rings is 1. The maximum Gasteiger partial charge on any atom is 0.308 e. The number of nitrogens with zero attached hydrogens (tertiary/aromatic N) is 1. The number of likely N-dealkylation sites (tertiary alicyclic amines) is 1. The van der Waals surface area contributed by atoms with E-state index in [0.717, 1.165) is 31.2 Å². The van der Waals surface area contributed by atoms with Gasteiger partial charge in [-0.3, -0.25) is 9.59 Å². The molecule has 104 valence electrons. The summed E-state index contributed by atoms with van der Waals surface area (Å²) in [6.45, 7) is 1.22. The first-order valence-corrected chi connectivity index (χ1v) is 7.68. The molecule has 19 heavy (non-hydrogen) atoms. The van der Waals surface area contributed by atoms with Crippen molar-refractivity contribution < 1.29 is 14.7 Å². The minimum atomic E-state index is -0.742. The fourth-order valence-electron chi connectivity index (χ4n) is 5.24. The zero-order valence-electron chi connectivity index (χ0n) is 11.1. The highest BCUT2D eigenvalue weighted by molar-refractivity contribution is 5.83. The molecular weight excluding hydrogens is 242 g/mol. The summed E-state index contributed by atoms with van der Waals surface area (Å²) in [6.07, 6.45) is 5.58. The Balaban J connectivity index is 1.43. The van der Waals surface area contributed by atoms with Gasteiger partial charge in [-0.2, -0.15) is 0 Å². The van der Waals surface area contributed by atoms with Crippen molar-refractivity contribution in [2.45, 2.75) is 32.1 Å². The summed E-state index contributed by atoms with van der Waals surface area (Å²) in [5.41, 5.74) is 0. The van der Waals surface area contributed by atoms with Crippen LogP contribution in [0.4, 0.5) is 0 Å². The standard InChI is InChI=1S/C15H21NO3/c17-14(16-5-1-2-10(7-16)15(18)19)13-11-8-3-4-9(6-8)12(11)13/h8-13H,1-7H2,(H,18,19)/t8?,9?,10-,11?,12?,13?/m1/s1. The van der Waals surface area contributed by atoms with Crippen molar-refractivity contribution in [3.63, 3.8) is 0 Å². The summed E-state index contributed by atoms with van der Waals surface area (Å²) in [5, 5.41) is 9.11. The van der Waals surface area contributed by atoms with Crippen molar-refractivity contribution in [3.05, 3.63) is 0 Å². The van der Waals surface area contributed by atoms with Crippen LogP contribution in [0.5, 0.6) is 0 Å². The zero-order chi connectivity index (χ0) is 13.1. The Morgan fingerprint density at radius 3 is 2.37 bits per heavy atom. The molecule has 0 radical (unpaired) electrons. The van der Waals surface area contributed by atoms with E-state index in [9.17, 15) is 9.59 Å². The maximum atomic E-state index is 12.6. The molecule has 0 aromatic carbocycles. The summed E-state index contributed by atoms with van der Waals surface area (Å²) in [4.78, 5) is 25.5. The second-order valence-corrected chi connectivity index (χ2v) is 6.98. The van der Waals surface area contributed by atoms with Crippen LogP contribution in [0.25, 0.3) is 0 Å². The molecule has 1 N–H and O–H groups in total. The smallest absolute Gasteiger partial charge is 0.308 e. The summed E-state index contributed by atoms with van der Waals surface area (Å²) in [5.74, 6) is 2.40. The summed E-state index contributed by atoms with van der Waals surface area (Å²) < 4.78 is 0. The highest BCUT2D eigenvalue weighted by atomic mass is 16.4. The number of hydrogen-bond donors (Lipinski definition) is 1. The molecule has 3 aliphatic carbocycles. The maximum absolute atomic E-state index is 12.6. The molecule has 4 nitrogen and oxygen atoms in total. The number of fused-ring (bicyclic) bond motifs is 5. The van der Waals surface area contributed by atoms with E-state index in [1.54, 1.807) is 0 Å². The first-order chi connectivity index (χ1) is 9.16. The topological polar surface area (TPSA) is 57.6 Å². The normalized spacial score (nSPS) is 47.1.